The van der Waals surface area contributed by atoms with Gasteiger partial charge in [-0.3, -0.25) is 9.69 Å². The first-order valence-electron chi connectivity index (χ1n) is 7.52. The van der Waals surface area contributed by atoms with E-state index in [0.717, 1.165) is 19.6 Å². The van der Waals surface area contributed by atoms with Crippen LogP contribution in [0.15, 0.2) is 42.5 Å². The molecule has 0 N–H and O–H groups in total. The van der Waals surface area contributed by atoms with Gasteiger partial charge >= 0.3 is 0 Å². The second-order valence-electron chi connectivity index (χ2n) is 5.54. The van der Waals surface area contributed by atoms with Crippen molar-refractivity contribution in [3.63, 3.8) is 0 Å². The Morgan fingerprint density at radius 1 is 1.04 bits per heavy atom. The van der Waals surface area contributed by atoms with E-state index in [1.165, 1.54) is 17.1 Å². The van der Waals surface area contributed by atoms with Crippen LogP contribution >= 0.6 is 35.0 Å². The summed E-state index contributed by atoms with van der Waals surface area (Å²) in [4.78, 5) is 15.0. The Bertz CT molecular complexity index is 697. The molecule has 5 heteroatoms. The van der Waals surface area contributed by atoms with Gasteiger partial charge in [0.15, 0.2) is 5.78 Å². The molecule has 1 aliphatic rings. The number of halogens is 2. The fourth-order valence-electron chi connectivity index (χ4n) is 2.61. The van der Waals surface area contributed by atoms with Gasteiger partial charge in [0.05, 0.1) is 5.02 Å². The molecule has 120 valence electrons. The zero-order chi connectivity index (χ0) is 16.2. The van der Waals surface area contributed by atoms with Crippen LogP contribution in [0.2, 0.25) is 10.0 Å². The molecule has 23 heavy (non-hydrogen) atoms. The lowest BCUT2D eigenvalue weighted by molar-refractivity contribution is 0.103. The summed E-state index contributed by atoms with van der Waals surface area (Å²) in [6.07, 6.45) is 0. The van der Waals surface area contributed by atoms with Crippen molar-refractivity contribution in [3.8, 4) is 0 Å². The van der Waals surface area contributed by atoms with E-state index in [2.05, 4.69) is 4.90 Å². The van der Waals surface area contributed by atoms with Crippen LogP contribution in [0.3, 0.4) is 0 Å². The third-order valence-electron chi connectivity index (χ3n) is 3.90. The lowest BCUT2D eigenvalue weighted by atomic mass is 10.0. The monoisotopic (exact) mass is 365 g/mol. The fourth-order valence-corrected chi connectivity index (χ4v) is 3.96. The van der Waals surface area contributed by atoms with E-state index in [4.69, 9.17) is 23.2 Å². The smallest absolute Gasteiger partial charge is 0.194 e. The van der Waals surface area contributed by atoms with E-state index in [-0.39, 0.29) is 5.78 Å². The molecule has 0 aliphatic carbocycles. The predicted molar refractivity (Wildman–Crippen MR) is 98.9 cm³/mol. The molecule has 0 spiro atoms. The third-order valence-corrected chi connectivity index (χ3v) is 5.41. The summed E-state index contributed by atoms with van der Waals surface area (Å²) in [5.41, 5.74) is 2.30. The van der Waals surface area contributed by atoms with E-state index in [1.807, 2.05) is 36.0 Å². The SMILES string of the molecule is O=C(c1ccc(CN2CCSCC2)cc1)c1cc(Cl)ccc1Cl. The number of ketones is 1. The first-order valence-corrected chi connectivity index (χ1v) is 9.43. The van der Waals surface area contributed by atoms with Gasteiger partial charge < -0.3 is 0 Å². The average molecular weight is 366 g/mol. The van der Waals surface area contributed by atoms with Crippen LogP contribution in [0.1, 0.15) is 21.5 Å². The number of thioether (sulfide) groups is 1. The highest BCUT2D eigenvalue weighted by Gasteiger charge is 2.14. The second kappa shape index (κ2) is 7.71. The van der Waals surface area contributed by atoms with Crippen molar-refractivity contribution in [2.75, 3.05) is 24.6 Å². The van der Waals surface area contributed by atoms with E-state index in [0.29, 0.717) is 21.2 Å². The van der Waals surface area contributed by atoms with E-state index in [9.17, 15) is 4.79 Å². The van der Waals surface area contributed by atoms with Crippen molar-refractivity contribution in [1.29, 1.82) is 0 Å². The highest BCUT2D eigenvalue weighted by Crippen LogP contribution is 2.24. The molecule has 2 nitrogen and oxygen atoms in total. The number of benzene rings is 2. The summed E-state index contributed by atoms with van der Waals surface area (Å²) in [5, 5.41) is 0.937. The van der Waals surface area contributed by atoms with Gasteiger partial charge in [0, 0.05) is 47.3 Å². The van der Waals surface area contributed by atoms with Crippen molar-refractivity contribution in [2.45, 2.75) is 6.54 Å². The van der Waals surface area contributed by atoms with Crippen LogP contribution in [0.4, 0.5) is 0 Å². The summed E-state index contributed by atoms with van der Waals surface area (Å²) in [6, 6.07) is 12.7. The second-order valence-corrected chi connectivity index (χ2v) is 7.61. The molecule has 1 saturated heterocycles. The molecule has 0 atom stereocenters. The minimum Gasteiger partial charge on any atom is -0.297 e. The Labute approximate surface area is 150 Å². The topological polar surface area (TPSA) is 20.3 Å². The lowest BCUT2D eigenvalue weighted by Gasteiger charge is -2.26. The first-order chi connectivity index (χ1) is 11.1. The molecule has 2 aromatic rings. The number of nitrogens with zero attached hydrogens (tertiary/aromatic N) is 1. The van der Waals surface area contributed by atoms with Crippen molar-refractivity contribution < 1.29 is 4.79 Å². The van der Waals surface area contributed by atoms with Gasteiger partial charge in [0.25, 0.3) is 0 Å². The number of rotatable bonds is 4. The fraction of sp³-hybridized carbons (Fsp3) is 0.278. The number of carbonyl (C=O) groups excluding carboxylic acids is 1. The normalized spacial score (nSPS) is 15.6. The van der Waals surface area contributed by atoms with Crippen molar-refractivity contribution in [2.24, 2.45) is 0 Å². The molecule has 1 fully saturated rings. The van der Waals surface area contributed by atoms with Crippen LogP contribution in [0, 0.1) is 0 Å². The Morgan fingerprint density at radius 3 is 2.43 bits per heavy atom. The standard InChI is InChI=1S/C18H17Cl2NOS/c19-15-5-6-17(20)16(11-15)18(22)14-3-1-13(2-4-14)12-21-7-9-23-10-8-21/h1-6,11H,7-10,12H2. The molecule has 0 radical (unpaired) electrons. The molecule has 0 aromatic heterocycles. The molecule has 3 rings (SSSR count). The summed E-state index contributed by atoms with van der Waals surface area (Å²) in [6.45, 7) is 3.19. The molecule has 0 bridgehead atoms. The van der Waals surface area contributed by atoms with E-state index >= 15 is 0 Å². The van der Waals surface area contributed by atoms with Crippen LogP contribution in [0.25, 0.3) is 0 Å². The highest BCUT2D eigenvalue weighted by molar-refractivity contribution is 7.99. The molecule has 2 aromatic carbocycles. The van der Waals surface area contributed by atoms with Crippen LogP contribution in [0.5, 0.6) is 0 Å². The highest BCUT2D eigenvalue weighted by atomic mass is 35.5. The maximum Gasteiger partial charge on any atom is 0.194 e. The molecule has 1 aliphatic heterocycles. The minimum atomic E-state index is -0.0987. The van der Waals surface area contributed by atoms with Crippen LogP contribution < -0.4 is 0 Å². The van der Waals surface area contributed by atoms with Gasteiger partial charge in [0.2, 0.25) is 0 Å². The Morgan fingerprint density at radius 2 is 1.74 bits per heavy atom. The zero-order valence-electron chi connectivity index (χ0n) is 12.6. The molecule has 0 saturated carbocycles. The Hall–Kier alpha value is -1.000. The van der Waals surface area contributed by atoms with Crippen molar-refractivity contribution >= 4 is 40.7 Å². The lowest BCUT2D eigenvalue weighted by Crippen LogP contribution is -2.31. The largest absolute Gasteiger partial charge is 0.297 e. The van der Waals surface area contributed by atoms with Crippen molar-refractivity contribution in [1.82, 2.24) is 4.90 Å². The first kappa shape index (κ1) is 16.8. The average Bonchev–Trinajstić information content (AvgIpc) is 2.58. The van der Waals surface area contributed by atoms with E-state index < -0.39 is 0 Å². The number of carbonyl (C=O) groups is 1. The van der Waals surface area contributed by atoms with E-state index in [1.54, 1.807) is 18.2 Å². The number of hydrogen-bond donors (Lipinski definition) is 0. The molecular formula is C18H17Cl2NOS. The number of hydrogen-bond acceptors (Lipinski definition) is 3. The van der Waals surface area contributed by atoms with Crippen molar-refractivity contribution in [3.05, 3.63) is 69.2 Å². The third kappa shape index (κ3) is 4.30. The molecule has 0 unspecified atom stereocenters. The summed E-state index contributed by atoms with van der Waals surface area (Å²) in [7, 11) is 0. The minimum absolute atomic E-state index is 0.0987. The van der Waals surface area contributed by atoms with Gasteiger partial charge in [-0.25, -0.2) is 0 Å². The Balaban J connectivity index is 1.73. The summed E-state index contributed by atoms with van der Waals surface area (Å²) >= 11 is 14.1. The quantitative estimate of drug-likeness (QED) is 0.727. The van der Waals surface area contributed by atoms with Gasteiger partial charge in [-0.2, -0.15) is 11.8 Å². The summed E-state index contributed by atoms with van der Waals surface area (Å²) < 4.78 is 0. The predicted octanol–water partition coefficient (Wildman–Crippen LogP) is 4.77. The van der Waals surface area contributed by atoms with Gasteiger partial charge in [-0.1, -0.05) is 47.5 Å². The van der Waals surface area contributed by atoms with Crippen LogP contribution in [-0.4, -0.2) is 35.3 Å². The Kier molecular flexibility index (Phi) is 5.65. The maximum absolute atomic E-state index is 12.6. The van der Waals surface area contributed by atoms with Gasteiger partial charge in [0.1, 0.15) is 0 Å². The van der Waals surface area contributed by atoms with Gasteiger partial charge in [-0.15, -0.1) is 0 Å². The molecule has 0 amide bonds. The molecule has 1 heterocycles. The van der Waals surface area contributed by atoms with Gasteiger partial charge in [-0.05, 0) is 23.8 Å². The summed E-state index contributed by atoms with van der Waals surface area (Å²) in [5.74, 6) is 2.30. The maximum atomic E-state index is 12.6. The van der Waals surface area contributed by atoms with Crippen LogP contribution in [-0.2, 0) is 6.54 Å². The molecular weight excluding hydrogens is 349 g/mol. The zero-order valence-corrected chi connectivity index (χ0v) is 14.9.